The molecule has 11 heteroatoms. The number of rotatable bonds is 6. The highest BCUT2D eigenvalue weighted by molar-refractivity contribution is 6.39. The number of morpholine rings is 1. The Bertz CT molecular complexity index is 965. The van der Waals surface area contributed by atoms with Crippen LogP contribution in [0.3, 0.4) is 0 Å². The molecule has 9 nitrogen and oxygen atoms in total. The van der Waals surface area contributed by atoms with E-state index in [1.54, 1.807) is 12.1 Å². The van der Waals surface area contributed by atoms with Crippen molar-refractivity contribution in [1.82, 2.24) is 10.2 Å². The lowest BCUT2D eigenvalue weighted by Gasteiger charge is -2.34. The van der Waals surface area contributed by atoms with Gasteiger partial charge in [0.1, 0.15) is 5.82 Å². The van der Waals surface area contributed by atoms with Crippen LogP contribution in [0.4, 0.5) is 20.2 Å². The minimum Gasteiger partial charge on any atom is -0.379 e. The van der Waals surface area contributed by atoms with Gasteiger partial charge in [-0.1, -0.05) is 12.1 Å². The van der Waals surface area contributed by atoms with Gasteiger partial charge in [0.25, 0.3) is 0 Å². The van der Waals surface area contributed by atoms with Crippen LogP contribution in [0.5, 0.6) is 0 Å². The predicted molar refractivity (Wildman–Crippen MR) is 106 cm³/mol. The first-order chi connectivity index (χ1) is 14.8. The molecular weight excluding hydrogens is 414 g/mol. The van der Waals surface area contributed by atoms with Gasteiger partial charge in [0.2, 0.25) is 5.82 Å². The van der Waals surface area contributed by atoms with Gasteiger partial charge in [-0.3, -0.25) is 24.6 Å². The number of nitrogens with one attached hydrogen (secondary N) is 2. The Morgan fingerprint density at radius 3 is 2.42 bits per heavy atom. The Labute approximate surface area is 176 Å². The average molecular weight is 434 g/mol. The van der Waals surface area contributed by atoms with E-state index in [0.29, 0.717) is 26.3 Å². The van der Waals surface area contributed by atoms with E-state index in [0.717, 1.165) is 23.8 Å². The molecule has 3 rings (SSSR count). The van der Waals surface area contributed by atoms with E-state index >= 15 is 0 Å². The first kappa shape index (κ1) is 22.2. The van der Waals surface area contributed by atoms with Crippen molar-refractivity contribution in [1.29, 1.82) is 0 Å². The standard InChI is InChI=1S/C20H20F2N4O5/c21-14-3-1-13(2-4-14)18(25-7-9-31-10-8-25)12-23-19(27)20(28)24-15-5-6-16(22)17(11-15)26(29)30/h1-6,11,18H,7-10,12H2,(H,23,27)(H,24,28)/t18-/m1/s1. The van der Waals surface area contributed by atoms with Gasteiger partial charge in [0.15, 0.2) is 0 Å². The molecule has 1 atom stereocenters. The molecule has 2 aromatic carbocycles. The summed E-state index contributed by atoms with van der Waals surface area (Å²) >= 11 is 0. The van der Waals surface area contributed by atoms with E-state index in [-0.39, 0.29) is 24.1 Å². The van der Waals surface area contributed by atoms with E-state index in [1.165, 1.54) is 12.1 Å². The summed E-state index contributed by atoms with van der Waals surface area (Å²) in [6.07, 6.45) is 0. The number of hydrogen-bond acceptors (Lipinski definition) is 6. The molecule has 2 aromatic rings. The Balaban J connectivity index is 1.66. The molecule has 31 heavy (non-hydrogen) atoms. The summed E-state index contributed by atoms with van der Waals surface area (Å²) in [4.78, 5) is 36.4. The summed E-state index contributed by atoms with van der Waals surface area (Å²) in [5, 5.41) is 15.5. The van der Waals surface area contributed by atoms with Crippen LogP contribution in [0.2, 0.25) is 0 Å². The lowest BCUT2D eigenvalue weighted by atomic mass is 10.0. The van der Waals surface area contributed by atoms with Gasteiger partial charge in [-0.05, 0) is 29.8 Å². The van der Waals surface area contributed by atoms with Crippen molar-refractivity contribution in [3.05, 3.63) is 69.8 Å². The highest BCUT2D eigenvalue weighted by atomic mass is 19.1. The molecule has 2 N–H and O–H groups in total. The van der Waals surface area contributed by atoms with E-state index < -0.39 is 28.2 Å². The lowest BCUT2D eigenvalue weighted by Crippen LogP contribution is -2.45. The number of carbonyl (C=O) groups is 2. The molecule has 1 aliphatic rings. The van der Waals surface area contributed by atoms with Crippen LogP contribution in [0.15, 0.2) is 42.5 Å². The van der Waals surface area contributed by atoms with Gasteiger partial charge in [-0.15, -0.1) is 0 Å². The lowest BCUT2D eigenvalue weighted by molar-refractivity contribution is -0.387. The summed E-state index contributed by atoms with van der Waals surface area (Å²) in [5.74, 6) is -3.46. The zero-order valence-corrected chi connectivity index (χ0v) is 16.3. The SMILES string of the molecule is O=C(NC[C@H](c1ccc(F)cc1)N1CCOCC1)C(=O)Nc1ccc(F)c([N+](=O)[O-])c1. The fourth-order valence-electron chi connectivity index (χ4n) is 3.22. The van der Waals surface area contributed by atoms with Crippen molar-refractivity contribution < 1.29 is 28.0 Å². The van der Waals surface area contributed by atoms with Crippen LogP contribution in [0.25, 0.3) is 0 Å². The maximum atomic E-state index is 13.4. The van der Waals surface area contributed by atoms with E-state index in [9.17, 15) is 28.5 Å². The molecule has 1 saturated heterocycles. The topological polar surface area (TPSA) is 114 Å². The highest BCUT2D eigenvalue weighted by Crippen LogP contribution is 2.23. The van der Waals surface area contributed by atoms with Gasteiger partial charge >= 0.3 is 17.5 Å². The number of benzene rings is 2. The van der Waals surface area contributed by atoms with E-state index in [4.69, 9.17) is 4.74 Å². The Morgan fingerprint density at radius 2 is 1.77 bits per heavy atom. The molecule has 2 amide bonds. The van der Waals surface area contributed by atoms with E-state index in [1.807, 2.05) is 0 Å². The molecule has 1 heterocycles. The first-order valence-corrected chi connectivity index (χ1v) is 9.45. The Kier molecular flexibility index (Phi) is 7.21. The second kappa shape index (κ2) is 10.0. The van der Waals surface area contributed by atoms with Crippen molar-refractivity contribution in [2.45, 2.75) is 6.04 Å². The summed E-state index contributed by atoms with van der Waals surface area (Å²) < 4.78 is 32.1. The van der Waals surface area contributed by atoms with Crippen molar-refractivity contribution in [2.75, 3.05) is 38.2 Å². The first-order valence-electron chi connectivity index (χ1n) is 9.45. The van der Waals surface area contributed by atoms with Crippen molar-refractivity contribution in [2.24, 2.45) is 0 Å². The number of nitrogens with zero attached hydrogens (tertiary/aromatic N) is 2. The van der Waals surface area contributed by atoms with Crippen LogP contribution in [0.1, 0.15) is 11.6 Å². The van der Waals surface area contributed by atoms with E-state index in [2.05, 4.69) is 15.5 Å². The summed E-state index contributed by atoms with van der Waals surface area (Å²) in [7, 11) is 0. The molecule has 0 aromatic heterocycles. The minimum atomic E-state index is -1.06. The molecule has 0 unspecified atom stereocenters. The number of nitro benzene ring substituents is 1. The van der Waals surface area contributed by atoms with Crippen LogP contribution >= 0.6 is 0 Å². The molecule has 0 aliphatic carbocycles. The zero-order valence-electron chi connectivity index (χ0n) is 16.3. The third kappa shape index (κ3) is 5.80. The summed E-state index contributed by atoms with van der Waals surface area (Å²) in [6.45, 7) is 2.29. The van der Waals surface area contributed by atoms with Crippen molar-refractivity contribution in [3.8, 4) is 0 Å². The molecule has 0 saturated carbocycles. The Hall–Kier alpha value is -3.44. The number of carbonyl (C=O) groups excluding carboxylic acids is 2. The van der Waals surface area contributed by atoms with Gasteiger partial charge < -0.3 is 15.4 Å². The minimum absolute atomic E-state index is 0.0709. The molecule has 164 valence electrons. The van der Waals surface area contributed by atoms with Gasteiger partial charge in [-0.25, -0.2) is 4.39 Å². The zero-order chi connectivity index (χ0) is 22.4. The van der Waals surface area contributed by atoms with Crippen LogP contribution in [0, 0.1) is 21.7 Å². The fourth-order valence-corrected chi connectivity index (χ4v) is 3.22. The molecular formula is C20H20F2N4O5. The Morgan fingerprint density at radius 1 is 1.10 bits per heavy atom. The van der Waals surface area contributed by atoms with Crippen molar-refractivity contribution >= 4 is 23.2 Å². The normalized spacial score (nSPS) is 15.2. The maximum absolute atomic E-state index is 13.4. The van der Waals surface area contributed by atoms with Crippen LogP contribution < -0.4 is 10.6 Å². The largest absolute Gasteiger partial charge is 0.379 e. The van der Waals surface area contributed by atoms with Crippen LogP contribution in [-0.2, 0) is 14.3 Å². The molecule has 0 bridgehead atoms. The highest BCUT2D eigenvalue weighted by Gasteiger charge is 2.25. The van der Waals surface area contributed by atoms with Gasteiger partial charge in [-0.2, -0.15) is 4.39 Å². The third-order valence-electron chi connectivity index (χ3n) is 4.80. The average Bonchev–Trinajstić information content (AvgIpc) is 2.76. The number of ether oxygens (including phenoxy) is 1. The van der Waals surface area contributed by atoms with Gasteiger partial charge in [0.05, 0.1) is 24.2 Å². The van der Waals surface area contributed by atoms with Crippen LogP contribution in [-0.4, -0.2) is 54.5 Å². The number of amides is 2. The number of halogens is 2. The van der Waals surface area contributed by atoms with Crippen molar-refractivity contribution in [3.63, 3.8) is 0 Å². The monoisotopic (exact) mass is 434 g/mol. The smallest absolute Gasteiger partial charge is 0.313 e. The third-order valence-corrected chi connectivity index (χ3v) is 4.80. The number of hydrogen-bond donors (Lipinski definition) is 2. The molecule has 1 fully saturated rings. The fraction of sp³-hybridized carbons (Fsp3) is 0.300. The number of nitro groups is 1. The second-order valence-corrected chi connectivity index (χ2v) is 6.80. The summed E-state index contributed by atoms with van der Waals surface area (Å²) in [5.41, 5.74) is -0.142. The molecule has 1 aliphatic heterocycles. The summed E-state index contributed by atoms with van der Waals surface area (Å²) in [6, 6.07) is 8.32. The predicted octanol–water partition coefficient (Wildman–Crippen LogP) is 2.00. The maximum Gasteiger partial charge on any atom is 0.313 e. The quantitative estimate of drug-likeness (QED) is 0.408. The molecule has 0 spiro atoms. The second-order valence-electron chi connectivity index (χ2n) is 6.80. The number of anilines is 1. The van der Waals surface area contributed by atoms with Gasteiger partial charge in [0, 0.05) is 31.4 Å². The molecule has 0 radical (unpaired) electrons.